The van der Waals surface area contributed by atoms with Crippen LogP contribution in [0.5, 0.6) is 0 Å². The lowest BCUT2D eigenvalue weighted by Crippen LogP contribution is -2.31. The third kappa shape index (κ3) is 3.90. The molecule has 0 aromatic heterocycles. The number of amides is 1. The van der Waals surface area contributed by atoms with Gasteiger partial charge in [0.15, 0.2) is 0 Å². The highest BCUT2D eigenvalue weighted by Gasteiger charge is 2.25. The lowest BCUT2D eigenvalue weighted by atomic mass is 10.1. The first kappa shape index (κ1) is 17.8. The quantitative estimate of drug-likeness (QED) is 0.531. The molecular weight excluding hydrogens is 379 g/mol. The Balaban J connectivity index is 1.77. The molecule has 1 amide bonds. The summed E-state index contributed by atoms with van der Waals surface area (Å²) in [5.41, 5.74) is 4.10. The fraction of sp³-hybridized carbons (Fsp3) is 0.0909. The van der Waals surface area contributed by atoms with E-state index in [0.717, 1.165) is 28.2 Å². The Kier molecular flexibility index (Phi) is 4.97. The van der Waals surface area contributed by atoms with Gasteiger partial charge in [-0.2, -0.15) is 0 Å². The van der Waals surface area contributed by atoms with Gasteiger partial charge in [0.25, 0.3) is 0 Å². The molecule has 0 aliphatic carbocycles. The van der Waals surface area contributed by atoms with Crippen LogP contribution in [0.2, 0.25) is 10.0 Å². The summed E-state index contributed by atoms with van der Waals surface area (Å²) in [5.74, 6) is -0.0198. The minimum Gasteiger partial charge on any atom is -0.305 e. The van der Waals surface area contributed by atoms with Crippen molar-refractivity contribution >= 4 is 46.2 Å². The maximum atomic E-state index is 13.1. The van der Waals surface area contributed by atoms with Crippen molar-refractivity contribution in [1.82, 2.24) is 0 Å². The fourth-order valence-corrected chi connectivity index (χ4v) is 3.41. The van der Waals surface area contributed by atoms with E-state index in [0.29, 0.717) is 16.6 Å². The predicted molar refractivity (Wildman–Crippen MR) is 111 cm³/mol. The van der Waals surface area contributed by atoms with Crippen molar-refractivity contribution in [2.24, 2.45) is 4.99 Å². The van der Waals surface area contributed by atoms with Crippen molar-refractivity contribution in [2.75, 3.05) is 4.90 Å². The summed E-state index contributed by atoms with van der Waals surface area (Å²) in [7, 11) is 0. The molecule has 1 heterocycles. The second-order valence-electron chi connectivity index (χ2n) is 6.34. The zero-order chi connectivity index (χ0) is 18.8. The fourth-order valence-electron chi connectivity index (χ4n) is 3.11. The van der Waals surface area contributed by atoms with E-state index in [2.05, 4.69) is 0 Å². The summed E-state index contributed by atoms with van der Waals surface area (Å²) in [4.78, 5) is 19.6. The average Bonchev–Trinajstić information content (AvgIpc) is 2.80. The second kappa shape index (κ2) is 7.55. The molecule has 3 nitrogen and oxygen atoms in total. The van der Waals surface area contributed by atoms with E-state index in [1.807, 2.05) is 48.5 Å². The van der Waals surface area contributed by atoms with E-state index in [4.69, 9.17) is 28.2 Å². The number of rotatable bonds is 3. The summed E-state index contributed by atoms with van der Waals surface area (Å²) < 4.78 is 0. The van der Waals surface area contributed by atoms with Crippen LogP contribution in [-0.4, -0.2) is 11.6 Å². The lowest BCUT2D eigenvalue weighted by Gasteiger charge is -2.23. The molecular formula is C22H16Cl2N2O. The summed E-state index contributed by atoms with van der Waals surface area (Å²) in [5, 5.41) is 1.22. The van der Waals surface area contributed by atoms with Gasteiger partial charge in [0.2, 0.25) is 5.91 Å². The second-order valence-corrected chi connectivity index (χ2v) is 7.21. The maximum absolute atomic E-state index is 13.1. The van der Waals surface area contributed by atoms with Gasteiger partial charge in [-0.05, 0) is 41.5 Å². The first-order valence-corrected chi connectivity index (χ1v) is 9.33. The first-order valence-electron chi connectivity index (χ1n) is 8.57. The Bertz CT molecular complexity index is 1010. The van der Waals surface area contributed by atoms with Crippen LogP contribution >= 0.6 is 23.2 Å². The minimum absolute atomic E-state index is 0.0198. The van der Waals surface area contributed by atoms with E-state index >= 15 is 0 Å². The van der Waals surface area contributed by atoms with E-state index in [-0.39, 0.29) is 12.3 Å². The third-order valence-electron chi connectivity index (χ3n) is 4.46. The van der Waals surface area contributed by atoms with Crippen LogP contribution in [0.1, 0.15) is 17.5 Å². The number of carbonyl (C=O) groups is 1. The molecule has 3 aromatic carbocycles. The van der Waals surface area contributed by atoms with Gasteiger partial charge >= 0.3 is 0 Å². The number of fused-ring (bicyclic) bond motifs is 1. The monoisotopic (exact) mass is 394 g/mol. The Morgan fingerprint density at radius 2 is 1.59 bits per heavy atom. The zero-order valence-corrected chi connectivity index (χ0v) is 15.9. The molecule has 1 aliphatic heterocycles. The number of carbonyl (C=O) groups excluding carboxylic acids is 1. The zero-order valence-electron chi connectivity index (χ0n) is 14.4. The molecule has 5 heteroatoms. The van der Waals surface area contributed by atoms with E-state index in [1.54, 1.807) is 29.2 Å². The van der Waals surface area contributed by atoms with Gasteiger partial charge in [-0.3, -0.25) is 9.79 Å². The van der Waals surface area contributed by atoms with E-state index in [1.165, 1.54) is 0 Å². The average molecular weight is 395 g/mol. The molecule has 4 rings (SSSR count). The summed E-state index contributed by atoms with van der Waals surface area (Å²) in [6.45, 7) is 0.469. The van der Waals surface area contributed by atoms with Gasteiger partial charge < -0.3 is 4.90 Å². The van der Waals surface area contributed by atoms with Crippen LogP contribution in [0.3, 0.4) is 0 Å². The number of hydrogen-bond donors (Lipinski definition) is 0. The molecule has 0 fully saturated rings. The molecule has 27 heavy (non-hydrogen) atoms. The van der Waals surface area contributed by atoms with Crippen molar-refractivity contribution < 1.29 is 4.79 Å². The molecule has 134 valence electrons. The molecule has 0 atom stereocenters. The van der Waals surface area contributed by atoms with Gasteiger partial charge in [0, 0.05) is 10.0 Å². The largest absolute Gasteiger partial charge is 0.305 e. The number of aliphatic imine (C=N–C) groups is 1. The normalized spacial score (nSPS) is 13.8. The minimum atomic E-state index is -0.0198. The number of anilines is 1. The van der Waals surface area contributed by atoms with Crippen molar-refractivity contribution in [3.63, 3.8) is 0 Å². The van der Waals surface area contributed by atoms with Crippen molar-refractivity contribution in [3.05, 3.63) is 94.0 Å². The van der Waals surface area contributed by atoms with Crippen LogP contribution in [0.4, 0.5) is 11.4 Å². The van der Waals surface area contributed by atoms with E-state index < -0.39 is 0 Å². The Morgan fingerprint density at radius 3 is 2.33 bits per heavy atom. The highest BCUT2D eigenvalue weighted by Crippen LogP contribution is 2.36. The van der Waals surface area contributed by atoms with Crippen LogP contribution in [0, 0.1) is 0 Å². The molecule has 0 N–H and O–H groups in total. The van der Waals surface area contributed by atoms with Crippen molar-refractivity contribution in [1.29, 1.82) is 0 Å². The highest BCUT2D eigenvalue weighted by molar-refractivity contribution is 6.31. The number of halogens is 2. The van der Waals surface area contributed by atoms with Gasteiger partial charge in [0.05, 0.1) is 30.1 Å². The van der Waals surface area contributed by atoms with Gasteiger partial charge in [-0.15, -0.1) is 0 Å². The third-order valence-corrected chi connectivity index (χ3v) is 4.95. The number of benzene rings is 3. The molecule has 0 saturated carbocycles. The smallest absolute Gasteiger partial charge is 0.233 e. The maximum Gasteiger partial charge on any atom is 0.233 e. The molecule has 0 saturated heterocycles. The van der Waals surface area contributed by atoms with E-state index in [9.17, 15) is 4.79 Å². The standard InChI is InChI=1S/C22H16Cl2N2O/c23-17-8-6-16(7-9-17)20-13-22(27)26(14-15-4-2-1-3-5-15)21-12-18(24)10-11-19(21)25-20/h1-12H,13-14H2. The Hall–Kier alpha value is -2.62. The molecule has 0 unspecified atom stereocenters. The summed E-state index contributed by atoms with van der Waals surface area (Å²) >= 11 is 12.2. The number of hydrogen-bond acceptors (Lipinski definition) is 2. The Morgan fingerprint density at radius 1 is 0.889 bits per heavy atom. The molecule has 3 aromatic rings. The predicted octanol–water partition coefficient (Wildman–Crippen LogP) is 6.05. The SMILES string of the molecule is O=C1CC(c2ccc(Cl)cc2)=Nc2ccc(Cl)cc2N1Cc1ccccc1. The molecule has 1 aliphatic rings. The van der Waals surface area contributed by atoms with Crippen molar-refractivity contribution in [2.45, 2.75) is 13.0 Å². The molecule has 0 bridgehead atoms. The highest BCUT2D eigenvalue weighted by atomic mass is 35.5. The summed E-state index contributed by atoms with van der Waals surface area (Å²) in [6, 6.07) is 22.7. The molecule has 0 radical (unpaired) electrons. The van der Waals surface area contributed by atoms with Crippen LogP contribution in [0.25, 0.3) is 0 Å². The first-order chi connectivity index (χ1) is 13.1. The van der Waals surface area contributed by atoms with Gasteiger partial charge in [-0.1, -0.05) is 65.7 Å². The van der Waals surface area contributed by atoms with Crippen LogP contribution in [0.15, 0.2) is 77.8 Å². The number of nitrogens with zero attached hydrogens (tertiary/aromatic N) is 2. The van der Waals surface area contributed by atoms with Crippen molar-refractivity contribution in [3.8, 4) is 0 Å². The Labute approximate surface area is 167 Å². The summed E-state index contributed by atoms with van der Waals surface area (Å²) in [6.07, 6.45) is 0.209. The lowest BCUT2D eigenvalue weighted by molar-refractivity contribution is -0.117. The van der Waals surface area contributed by atoms with Crippen LogP contribution < -0.4 is 4.90 Å². The van der Waals surface area contributed by atoms with Crippen LogP contribution in [-0.2, 0) is 11.3 Å². The molecule has 0 spiro atoms. The topological polar surface area (TPSA) is 32.7 Å². The van der Waals surface area contributed by atoms with Gasteiger partial charge in [-0.25, -0.2) is 0 Å². The van der Waals surface area contributed by atoms with Gasteiger partial charge in [0.1, 0.15) is 0 Å².